The number of nitrogens with zero attached hydrogens (tertiary/aromatic N) is 2. The van der Waals surface area contributed by atoms with Crippen molar-refractivity contribution in [3.63, 3.8) is 0 Å². The molecule has 308 valence electrons. The van der Waals surface area contributed by atoms with Crippen molar-refractivity contribution in [3.8, 4) is 22.3 Å². The average molecular weight is 827 g/mol. The molecular formula is C60H46N2O2. The van der Waals surface area contributed by atoms with Crippen molar-refractivity contribution in [1.29, 1.82) is 0 Å². The maximum absolute atomic E-state index is 7.02. The van der Waals surface area contributed by atoms with E-state index >= 15 is 0 Å². The molecule has 0 saturated heterocycles. The van der Waals surface area contributed by atoms with Gasteiger partial charge in [-0.3, -0.25) is 0 Å². The summed E-state index contributed by atoms with van der Waals surface area (Å²) < 4.78 is 14.0. The maximum atomic E-state index is 7.02. The summed E-state index contributed by atoms with van der Waals surface area (Å²) in [6.07, 6.45) is 5.73. The molecule has 2 aliphatic rings. The van der Waals surface area contributed by atoms with Crippen molar-refractivity contribution in [2.45, 2.75) is 38.5 Å². The van der Waals surface area contributed by atoms with Gasteiger partial charge >= 0.3 is 0 Å². The minimum absolute atomic E-state index is 0.394. The SMILES string of the molecule is C=C/C=C(\C=C)N(c1ccccc1)c1cc2c(c3c1oc1ccccc13)-c1ccc3c(c1C2(C)C)C(C)(C)c1cc(N(c2ccccc2)c2ccccc2)c2oc4ccccc4c2c1-3. The van der Waals surface area contributed by atoms with Gasteiger partial charge in [0.2, 0.25) is 0 Å². The second-order valence-electron chi connectivity index (χ2n) is 18.1. The van der Waals surface area contributed by atoms with Crippen molar-refractivity contribution in [2.75, 3.05) is 9.80 Å². The summed E-state index contributed by atoms with van der Waals surface area (Å²) in [5, 5.41) is 4.49. The first-order valence-corrected chi connectivity index (χ1v) is 22.1. The zero-order chi connectivity index (χ0) is 43.5. The van der Waals surface area contributed by atoms with Gasteiger partial charge < -0.3 is 18.6 Å². The van der Waals surface area contributed by atoms with Gasteiger partial charge in [-0.25, -0.2) is 0 Å². The van der Waals surface area contributed by atoms with Crippen molar-refractivity contribution < 1.29 is 8.83 Å². The van der Waals surface area contributed by atoms with Crippen LogP contribution in [-0.4, -0.2) is 0 Å². The highest BCUT2D eigenvalue weighted by atomic mass is 16.3. The summed E-state index contributed by atoms with van der Waals surface area (Å²) in [5.74, 6) is 0. The van der Waals surface area contributed by atoms with Gasteiger partial charge in [-0.1, -0.05) is 150 Å². The quantitative estimate of drug-likeness (QED) is 0.143. The number of fused-ring (bicyclic) bond motifs is 15. The predicted molar refractivity (Wildman–Crippen MR) is 268 cm³/mol. The third kappa shape index (κ3) is 5.17. The minimum atomic E-state index is -0.407. The van der Waals surface area contributed by atoms with Gasteiger partial charge in [0, 0.05) is 55.1 Å². The number of hydrogen-bond acceptors (Lipinski definition) is 4. The molecule has 0 spiro atoms. The van der Waals surface area contributed by atoms with E-state index < -0.39 is 10.8 Å². The largest absolute Gasteiger partial charge is 0.454 e. The molecule has 12 rings (SSSR count). The van der Waals surface area contributed by atoms with Gasteiger partial charge in [0.25, 0.3) is 0 Å². The number of allylic oxidation sites excluding steroid dienone is 3. The van der Waals surface area contributed by atoms with E-state index in [1.807, 2.05) is 18.2 Å². The lowest BCUT2D eigenvalue weighted by molar-refractivity contribution is 0.601. The summed E-state index contributed by atoms with van der Waals surface area (Å²) >= 11 is 0. The van der Waals surface area contributed by atoms with Gasteiger partial charge in [-0.05, 0) is 117 Å². The van der Waals surface area contributed by atoms with Gasteiger partial charge in [0.15, 0.2) is 11.2 Å². The third-order valence-corrected chi connectivity index (χ3v) is 13.9. The van der Waals surface area contributed by atoms with Gasteiger partial charge in [-0.2, -0.15) is 0 Å². The molecule has 2 aliphatic carbocycles. The molecular weight excluding hydrogens is 781 g/mol. The summed E-state index contributed by atoms with van der Waals surface area (Å²) in [5.41, 5.74) is 18.9. The van der Waals surface area contributed by atoms with Crippen LogP contribution in [0.4, 0.5) is 28.4 Å². The van der Waals surface area contributed by atoms with E-state index in [0.29, 0.717) is 0 Å². The smallest absolute Gasteiger partial charge is 0.160 e. The maximum Gasteiger partial charge on any atom is 0.160 e. The van der Waals surface area contributed by atoms with Crippen LogP contribution in [0.1, 0.15) is 49.9 Å². The number of hydrogen-bond donors (Lipinski definition) is 0. The van der Waals surface area contributed by atoms with Gasteiger partial charge in [0.1, 0.15) is 11.2 Å². The molecule has 0 N–H and O–H groups in total. The Hall–Kier alpha value is -7.82. The molecule has 0 aliphatic heterocycles. The van der Waals surface area contributed by atoms with Crippen LogP contribution in [-0.2, 0) is 10.8 Å². The Balaban J connectivity index is 1.16. The fraction of sp³-hybridized carbons (Fsp3) is 0.100. The molecule has 2 aromatic heterocycles. The number of furan rings is 2. The fourth-order valence-electron chi connectivity index (χ4n) is 11.2. The number of anilines is 5. The zero-order valence-electron chi connectivity index (χ0n) is 36.4. The molecule has 0 atom stereocenters. The first kappa shape index (κ1) is 37.9. The number of benzene rings is 8. The minimum Gasteiger partial charge on any atom is -0.454 e. The van der Waals surface area contributed by atoms with E-state index in [9.17, 15) is 0 Å². The first-order valence-electron chi connectivity index (χ1n) is 22.1. The predicted octanol–water partition coefficient (Wildman–Crippen LogP) is 17.0. The van der Waals surface area contributed by atoms with Crippen LogP contribution >= 0.6 is 0 Å². The van der Waals surface area contributed by atoms with Crippen LogP contribution in [0.25, 0.3) is 66.1 Å². The van der Waals surface area contributed by atoms with Crippen molar-refractivity contribution in [2.24, 2.45) is 0 Å². The van der Waals surface area contributed by atoms with Gasteiger partial charge in [-0.15, -0.1) is 0 Å². The summed E-state index contributed by atoms with van der Waals surface area (Å²) in [6.45, 7) is 18.0. The molecule has 0 radical (unpaired) electrons. The lowest BCUT2D eigenvalue weighted by Crippen LogP contribution is -2.24. The molecule has 0 saturated carbocycles. The van der Waals surface area contributed by atoms with Crippen LogP contribution in [0, 0.1) is 0 Å². The molecule has 10 aromatic rings. The normalized spacial score (nSPS) is 14.4. The monoisotopic (exact) mass is 826 g/mol. The van der Waals surface area contributed by atoms with Crippen LogP contribution < -0.4 is 9.80 Å². The van der Waals surface area contributed by atoms with Crippen molar-refractivity contribution >= 4 is 72.3 Å². The molecule has 4 nitrogen and oxygen atoms in total. The molecule has 0 fully saturated rings. The van der Waals surface area contributed by atoms with E-state index in [1.54, 1.807) is 0 Å². The highest BCUT2D eigenvalue weighted by Gasteiger charge is 2.48. The number of para-hydroxylation sites is 5. The zero-order valence-corrected chi connectivity index (χ0v) is 36.4. The Morgan fingerprint density at radius 1 is 0.500 bits per heavy atom. The Kier molecular flexibility index (Phi) is 8.20. The van der Waals surface area contributed by atoms with E-state index in [1.165, 1.54) is 44.5 Å². The summed E-state index contributed by atoms with van der Waals surface area (Å²) in [6, 6.07) is 58.3. The Bertz CT molecular complexity index is 3550. The van der Waals surface area contributed by atoms with Crippen LogP contribution in [0.15, 0.2) is 210 Å². The molecule has 8 aromatic carbocycles. The molecule has 64 heavy (non-hydrogen) atoms. The molecule has 0 amide bonds. The van der Waals surface area contributed by atoms with E-state index in [4.69, 9.17) is 8.83 Å². The fourth-order valence-corrected chi connectivity index (χ4v) is 11.2. The summed E-state index contributed by atoms with van der Waals surface area (Å²) in [7, 11) is 0. The second kappa shape index (κ2) is 13.8. The van der Waals surface area contributed by atoms with Crippen molar-refractivity contribution in [1.82, 2.24) is 0 Å². The second-order valence-corrected chi connectivity index (χ2v) is 18.1. The Labute approximate surface area is 373 Å². The molecule has 2 heterocycles. The summed E-state index contributed by atoms with van der Waals surface area (Å²) in [4.78, 5) is 4.61. The van der Waals surface area contributed by atoms with Crippen LogP contribution in [0.3, 0.4) is 0 Å². The third-order valence-electron chi connectivity index (χ3n) is 13.9. The van der Waals surface area contributed by atoms with E-state index in [-0.39, 0.29) is 0 Å². The lowest BCUT2D eigenvalue weighted by atomic mass is 9.72. The van der Waals surface area contributed by atoms with Crippen LogP contribution in [0.5, 0.6) is 0 Å². The Morgan fingerprint density at radius 3 is 1.39 bits per heavy atom. The standard InChI is InChI=1S/C60H46N2O2/c1-7-22-37(8-2)61(38-23-12-9-13-24-38)47-35-45-51(53-41-29-18-20-31-49(41)63-57(47)53)43-33-34-44-52-46(60(5,6)56(44)55(43)59(45,3)4)36-48(58-54(52)42-30-19-21-32-50(42)64-58)62(39-25-14-10-15-26-39)40-27-16-11-17-28-40/h7-36H,1-2H2,3-6H3/b37-22+. The highest BCUT2D eigenvalue weighted by Crippen LogP contribution is 2.64. The van der Waals surface area contributed by atoms with Crippen LogP contribution in [0.2, 0.25) is 0 Å². The molecule has 4 heteroatoms. The molecule has 0 unspecified atom stereocenters. The van der Waals surface area contributed by atoms with E-state index in [0.717, 1.165) is 78.0 Å². The lowest BCUT2D eigenvalue weighted by Gasteiger charge is -2.32. The topological polar surface area (TPSA) is 32.8 Å². The molecule has 0 bridgehead atoms. The highest BCUT2D eigenvalue weighted by molar-refractivity contribution is 6.22. The Morgan fingerprint density at radius 2 is 0.922 bits per heavy atom. The first-order chi connectivity index (χ1) is 31.2. The number of rotatable bonds is 8. The van der Waals surface area contributed by atoms with Crippen molar-refractivity contribution in [3.05, 3.63) is 223 Å². The average Bonchev–Trinajstić information content (AvgIpc) is 4.03. The van der Waals surface area contributed by atoms with E-state index in [2.05, 4.69) is 214 Å². The van der Waals surface area contributed by atoms with Gasteiger partial charge in [0.05, 0.1) is 11.4 Å².